The Labute approximate surface area is 108 Å². The lowest BCUT2D eigenvalue weighted by Crippen LogP contribution is -2.40. The highest BCUT2D eigenvalue weighted by Gasteiger charge is 2.32. The van der Waals surface area contributed by atoms with Crippen LogP contribution in [0.15, 0.2) is 24.5 Å². The zero-order valence-corrected chi connectivity index (χ0v) is 10.9. The van der Waals surface area contributed by atoms with Crippen molar-refractivity contribution in [1.29, 1.82) is 0 Å². The molecule has 1 saturated carbocycles. The lowest BCUT2D eigenvalue weighted by atomic mass is 9.78. The highest BCUT2D eigenvalue weighted by Crippen LogP contribution is 2.31. The van der Waals surface area contributed by atoms with Crippen LogP contribution in [0.4, 0.5) is 5.69 Å². The number of nitrogens with two attached hydrogens (primary N) is 1. The van der Waals surface area contributed by atoms with Crippen molar-refractivity contribution in [1.82, 2.24) is 4.98 Å². The second-order valence-corrected chi connectivity index (χ2v) is 4.99. The third kappa shape index (κ3) is 2.70. The van der Waals surface area contributed by atoms with Gasteiger partial charge in [0, 0.05) is 31.0 Å². The molecule has 2 N–H and O–H groups in total. The molecule has 0 aromatic carbocycles. The molecule has 1 aliphatic carbocycles. The summed E-state index contributed by atoms with van der Waals surface area (Å²) in [5.41, 5.74) is 6.69. The van der Waals surface area contributed by atoms with Crippen LogP contribution in [0.25, 0.3) is 0 Å². The van der Waals surface area contributed by atoms with Crippen LogP contribution in [0, 0.1) is 11.8 Å². The summed E-state index contributed by atoms with van der Waals surface area (Å²) in [6.45, 7) is 0.612. The maximum absolute atomic E-state index is 12.5. The fourth-order valence-electron chi connectivity index (χ4n) is 2.76. The summed E-state index contributed by atoms with van der Waals surface area (Å²) in [5, 5.41) is 0. The summed E-state index contributed by atoms with van der Waals surface area (Å²) in [6.07, 6.45) is 7.80. The molecule has 0 bridgehead atoms. The molecule has 98 valence electrons. The zero-order valence-electron chi connectivity index (χ0n) is 10.9. The summed E-state index contributed by atoms with van der Waals surface area (Å²) < 4.78 is 0. The van der Waals surface area contributed by atoms with E-state index in [1.807, 2.05) is 19.2 Å². The van der Waals surface area contributed by atoms with E-state index in [-0.39, 0.29) is 11.8 Å². The van der Waals surface area contributed by atoms with Crippen LogP contribution >= 0.6 is 0 Å². The highest BCUT2D eigenvalue weighted by atomic mass is 16.2. The normalized spacial score (nSPS) is 23.7. The van der Waals surface area contributed by atoms with Crippen molar-refractivity contribution in [2.75, 3.05) is 18.5 Å². The first-order chi connectivity index (χ1) is 8.74. The molecule has 2 atom stereocenters. The van der Waals surface area contributed by atoms with E-state index in [9.17, 15) is 4.79 Å². The van der Waals surface area contributed by atoms with Gasteiger partial charge in [0.2, 0.25) is 5.91 Å². The van der Waals surface area contributed by atoms with Crippen LogP contribution in [0.2, 0.25) is 0 Å². The number of amides is 1. The standard InChI is InChI=1S/C14H21N3O/c1-17(12-6-8-16-9-7-12)14(18)13-5-3-2-4-11(13)10-15/h6-9,11,13H,2-5,10,15H2,1H3. The number of nitrogens with zero attached hydrogens (tertiary/aromatic N) is 2. The number of hydrogen-bond donors (Lipinski definition) is 1. The third-order valence-electron chi connectivity index (χ3n) is 3.91. The topological polar surface area (TPSA) is 59.2 Å². The maximum Gasteiger partial charge on any atom is 0.230 e. The van der Waals surface area contributed by atoms with Crippen molar-refractivity contribution in [3.63, 3.8) is 0 Å². The van der Waals surface area contributed by atoms with Gasteiger partial charge in [-0.15, -0.1) is 0 Å². The van der Waals surface area contributed by atoms with Crippen molar-refractivity contribution in [2.45, 2.75) is 25.7 Å². The maximum atomic E-state index is 12.5. The van der Waals surface area contributed by atoms with Crippen molar-refractivity contribution in [3.8, 4) is 0 Å². The number of rotatable bonds is 3. The number of carbonyl (C=O) groups excluding carboxylic acids is 1. The molecule has 1 aromatic heterocycles. The highest BCUT2D eigenvalue weighted by molar-refractivity contribution is 5.94. The predicted molar refractivity (Wildman–Crippen MR) is 72.1 cm³/mol. The van der Waals surface area contributed by atoms with E-state index in [2.05, 4.69) is 4.98 Å². The predicted octanol–water partition coefficient (Wildman–Crippen LogP) is 1.81. The third-order valence-corrected chi connectivity index (χ3v) is 3.91. The average molecular weight is 247 g/mol. The molecule has 2 unspecified atom stereocenters. The molecule has 0 saturated heterocycles. The summed E-state index contributed by atoms with van der Waals surface area (Å²) in [5.74, 6) is 0.619. The van der Waals surface area contributed by atoms with Gasteiger partial charge >= 0.3 is 0 Å². The minimum absolute atomic E-state index is 0.0851. The molecule has 1 aliphatic rings. The van der Waals surface area contributed by atoms with E-state index in [4.69, 9.17) is 5.73 Å². The molecule has 0 spiro atoms. The van der Waals surface area contributed by atoms with Crippen molar-refractivity contribution < 1.29 is 4.79 Å². The van der Waals surface area contributed by atoms with Crippen LogP contribution in [0.3, 0.4) is 0 Å². The number of anilines is 1. The molecule has 1 fully saturated rings. The van der Waals surface area contributed by atoms with Gasteiger partial charge in [-0.25, -0.2) is 0 Å². The Kier molecular flexibility index (Phi) is 4.31. The van der Waals surface area contributed by atoms with Gasteiger partial charge in [0.15, 0.2) is 0 Å². The van der Waals surface area contributed by atoms with Crippen LogP contribution < -0.4 is 10.6 Å². The quantitative estimate of drug-likeness (QED) is 0.886. The average Bonchev–Trinajstić information content (AvgIpc) is 2.46. The van der Waals surface area contributed by atoms with Gasteiger partial charge in [-0.3, -0.25) is 9.78 Å². The lowest BCUT2D eigenvalue weighted by Gasteiger charge is -2.32. The van der Waals surface area contributed by atoms with Gasteiger partial charge in [0.1, 0.15) is 0 Å². The molecule has 0 aliphatic heterocycles. The minimum atomic E-state index is 0.0851. The molecule has 1 aromatic rings. The fraction of sp³-hybridized carbons (Fsp3) is 0.571. The SMILES string of the molecule is CN(C(=O)C1CCCCC1CN)c1ccncc1. The first-order valence-electron chi connectivity index (χ1n) is 6.61. The van der Waals surface area contributed by atoms with Crippen molar-refractivity contribution >= 4 is 11.6 Å². The Balaban J connectivity index is 2.10. The largest absolute Gasteiger partial charge is 0.330 e. The van der Waals surface area contributed by atoms with Gasteiger partial charge in [-0.2, -0.15) is 0 Å². The molecule has 1 amide bonds. The monoisotopic (exact) mass is 247 g/mol. The number of hydrogen-bond acceptors (Lipinski definition) is 3. The summed E-state index contributed by atoms with van der Waals surface area (Å²) in [6, 6.07) is 3.72. The second-order valence-electron chi connectivity index (χ2n) is 4.99. The van der Waals surface area contributed by atoms with Crippen molar-refractivity contribution in [3.05, 3.63) is 24.5 Å². The first kappa shape index (κ1) is 13.0. The van der Waals surface area contributed by atoms with Gasteiger partial charge in [0.05, 0.1) is 0 Å². The van der Waals surface area contributed by atoms with E-state index < -0.39 is 0 Å². The Hall–Kier alpha value is -1.42. The molecule has 18 heavy (non-hydrogen) atoms. The smallest absolute Gasteiger partial charge is 0.230 e. The van der Waals surface area contributed by atoms with E-state index in [0.29, 0.717) is 12.5 Å². The molecular formula is C14H21N3O. The Morgan fingerprint density at radius 2 is 2.06 bits per heavy atom. The molecule has 1 heterocycles. The Morgan fingerprint density at radius 1 is 1.39 bits per heavy atom. The molecule has 4 heteroatoms. The van der Waals surface area contributed by atoms with Gasteiger partial charge in [-0.1, -0.05) is 12.8 Å². The minimum Gasteiger partial charge on any atom is -0.330 e. The summed E-state index contributed by atoms with van der Waals surface area (Å²) in [4.78, 5) is 18.2. The van der Waals surface area contributed by atoms with Gasteiger partial charge in [0.25, 0.3) is 0 Å². The van der Waals surface area contributed by atoms with E-state index in [0.717, 1.165) is 24.9 Å². The Morgan fingerprint density at radius 3 is 2.72 bits per heavy atom. The van der Waals surface area contributed by atoms with Crippen LogP contribution in [0.5, 0.6) is 0 Å². The molecule has 0 radical (unpaired) electrons. The lowest BCUT2D eigenvalue weighted by molar-refractivity contribution is -0.124. The van der Waals surface area contributed by atoms with E-state index >= 15 is 0 Å². The van der Waals surface area contributed by atoms with E-state index in [1.54, 1.807) is 17.3 Å². The fourth-order valence-corrected chi connectivity index (χ4v) is 2.76. The van der Waals surface area contributed by atoms with Crippen LogP contribution in [0.1, 0.15) is 25.7 Å². The Bertz CT molecular complexity index is 393. The number of pyridine rings is 1. The van der Waals surface area contributed by atoms with E-state index in [1.165, 1.54) is 6.42 Å². The molecular weight excluding hydrogens is 226 g/mol. The van der Waals surface area contributed by atoms with Crippen LogP contribution in [-0.2, 0) is 4.79 Å². The molecule has 4 nitrogen and oxygen atoms in total. The number of carbonyl (C=O) groups is 1. The van der Waals surface area contributed by atoms with Crippen LogP contribution in [-0.4, -0.2) is 24.5 Å². The summed E-state index contributed by atoms with van der Waals surface area (Å²) >= 11 is 0. The molecule has 2 rings (SSSR count). The van der Waals surface area contributed by atoms with Gasteiger partial charge in [-0.05, 0) is 37.4 Å². The zero-order chi connectivity index (χ0) is 13.0. The second kappa shape index (κ2) is 5.96. The number of aromatic nitrogens is 1. The summed E-state index contributed by atoms with van der Waals surface area (Å²) in [7, 11) is 1.83. The van der Waals surface area contributed by atoms with Gasteiger partial charge < -0.3 is 10.6 Å². The van der Waals surface area contributed by atoms with Crippen molar-refractivity contribution in [2.24, 2.45) is 17.6 Å². The first-order valence-corrected chi connectivity index (χ1v) is 6.61.